The van der Waals surface area contributed by atoms with Crippen LogP contribution in [0.1, 0.15) is 0 Å². The van der Waals surface area contributed by atoms with Crippen LogP contribution in [0, 0.1) is 0 Å². The standard InChI is InChI=1S/C15H12O6S2.H3N/c1-21-23(19,20)15-13-9-11-5-3-2-4-10(11)8-12(13)6-7-14(15)22(16,17)18;/h2-9H,1H3,(H,16,17,18);1H3. The maximum absolute atomic E-state index is 12.2. The average Bonchev–Trinajstić information content (AvgIpc) is 2.50. The van der Waals surface area contributed by atoms with E-state index in [4.69, 9.17) is 0 Å². The molecule has 0 radical (unpaired) electrons. The van der Waals surface area contributed by atoms with Crippen LogP contribution in [-0.2, 0) is 24.4 Å². The third-order valence-corrected chi connectivity index (χ3v) is 5.95. The van der Waals surface area contributed by atoms with Crippen molar-refractivity contribution in [3.63, 3.8) is 0 Å². The molecular formula is C15H15NO6S2. The largest absolute Gasteiger partial charge is 0.344 e. The van der Waals surface area contributed by atoms with Gasteiger partial charge in [0.1, 0.15) is 9.79 Å². The maximum Gasteiger partial charge on any atom is 0.298 e. The van der Waals surface area contributed by atoms with E-state index in [1.807, 2.05) is 12.1 Å². The summed E-state index contributed by atoms with van der Waals surface area (Å²) in [6.45, 7) is 0. The first-order chi connectivity index (χ1) is 10.7. The van der Waals surface area contributed by atoms with Crippen molar-refractivity contribution in [1.29, 1.82) is 0 Å². The molecule has 0 fully saturated rings. The van der Waals surface area contributed by atoms with Crippen molar-refractivity contribution in [2.24, 2.45) is 0 Å². The Labute approximate surface area is 139 Å². The van der Waals surface area contributed by atoms with Gasteiger partial charge >= 0.3 is 0 Å². The molecule has 9 heteroatoms. The Hall–Kier alpha value is -2.04. The minimum absolute atomic E-state index is 0. The Balaban J connectivity index is 0.00000208. The third-order valence-electron chi connectivity index (χ3n) is 3.55. The van der Waals surface area contributed by atoms with Gasteiger partial charge in [-0.3, -0.25) is 8.74 Å². The lowest BCUT2D eigenvalue weighted by Crippen LogP contribution is -2.11. The molecule has 24 heavy (non-hydrogen) atoms. The second-order valence-corrected chi connectivity index (χ2v) is 7.95. The van der Waals surface area contributed by atoms with Crippen LogP contribution in [0.15, 0.2) is 58.3 Å². The second-order valence-electron chi connectivity index (χ2n) is 4.91. The van der Waals surface area contributed by atoms with Gasteiger partial charge in [0, 0.05) is 5.39 Å². The fraction of sp³-hybridized carbons (Fsp3) is 0.0667. The Morgan fingerprint density at radius 1 is 0.875 bits per heavy atom. The molecule has 0 aromatic heterocycles. The third kappa shape index (κ3) is 2.99. The summed E-state index contributed by atoms with van der Waals surface area (Å²) in [5.74, 6) is 0. The molecule has 0 aliphatic rings. The summed E-state index contributed by atoms with van der Waals surface area (Å²) in [5, 5.41) is 2.30. The summed E-state index contributed by atoms with van der Waals surface area (Å²) in [5.41, 5.74) is 0. The van der Waals surface area contributed by atoms with Gasteiger partial charge in [-0.25, -0.2) is 0 Å². The molecule has 0 atom stereocenters. The monoisotopic (exact) mass is 369 g/mol. The number of hydrogen-bond donors (Lipinski definition) is 2. The lowest BCUT2D eigenvalue weighted by molar-refractivity contribution is 0.395. The molecule has 3 aromatic rings. The number of fused-ring (bicyclic) bond motifs is 2. The van der Waals surface area contributed by atoms with Crippen molar-refractivity contribution >= 4 is 41.8 Å². The van der Waals surface area contributed by atoms with Gasteiger partial charge in [0.15, 0.2) is 0 Å². The van der Waals surface area contributed by atoms with E-state index in [-0.39, 0.29) is 11.5 Å². The zero-order valence-electron chi connectivity index (χ0n) is 12.6. The minimum Gasteiger partial charge on any atom is -0.344 e. The van der Waals surface area contributed by atoms with Crippen LogP contribution in [0.25, 0.3) is 21.5 Å². The van der Waals surface area contributed by atoms with Crippen LogP contribution < -0.4 is 6.15 Å². The highest BCUT2D eigenvalue weighted by molar-refractivity contribution is 7.89. The van der Waals surface area contributed by atoms with Gasteiger partial charge < -0.3 is 6.15 Å². The molecule has 0 bridgehead atoms. The smallest absolute Gasteiger partial charge is 0.298 e. The fourth-order valence-electron chi connectivity index (χ4n) is 2.51. The molecule has 0 saturated heterocycles. The van der Waals surface area contributed by atoms with Crippen LogP contribution >= 0.6 is 0 Å². The fourth-order valence-corrected chi connectivity index (χ4v) is 4.64. The average molecular weight is 369 g/mol. The Morgan fingerprint density at radius 2 is 1.46 bits per heavy atom. The normalized spacial score (nSPS) is 12.2. The van der Waals surface area contributed by atoms with E-state index in [1.54, 1.807) is 24.3 Å². The molecule has 0 saturated carbocycles. The van der Waals surface area contributed by atoms with E-state index in [0.29, 0.717) is 5.39 Å². The lowest BCUT2D eigenvalue weighted by atomic mass is 10.0. The maximum atomic E-state index is 12.2. The summed E-state index contributed by atoms with van der Waals surface area (Å²) in [6, 6.07) is 13.1. The van der Waals surface area contributed by atoms with Crippen LogP contribution in [0.4, 0.5) is 0 Å². The topological polar surface area (TPSA) is 133 Å². The van der Waals surface area contributed by atoms with Gasteiger partial charge in [0.2, 0.25) is 0 Å². The summed E-state index contributed by atoms with van der Waals surface area (Å²) in [7, 11) is -8.14. The number of benzene rings is 3. The number of hydrogen-bond acceptors (Lipinski definition) is 6. The van der Waals surface area contributed by atoms with E-state index in [1.165, 1.54) is 6.07 Å². The highest BCUT2D eigenvalue weighted by atomic mass is 32.2. The van der Waals surface area contributed by atoms with Crippen LogP contribution in [0.2, 0.25) is 0 Å². The van der Waals surface area contributed by atoms with Gasteiger partial charge in [0.25, 0.3) is 20.2 Å². The lowest BCUT2D eigenvalue weighted by Gasteiger charge is -2.11. The van der Waals surface area contributed by atoms with E-state index < -0.39 is 30.0 Å². The Kier molecular flexibility index (Phi) is 4.66. The van der Waals surface area contributed by atoms with Crippen molar-refractivity contribution in [2.45, 2.75) is 9.79 Å². The second kappa shape index (κ2) is 6.11. The first kappa shape index (κ1) is 18.3. The predicted molar refractivity (Wildman–Crippen MR) is 90.5 cm³/mol. The van der Waals surface area contributed by atoms with Crippen molar-refractivity contribution in [2.75, 3.05) is 7.11 Å². The Bertz CT molecular complexity index is 1140. The van der Waals surface area contributed by atoms with Gasteiger partial charge in [-0.2, -0.15) is 16.8 Å². The molecule has 3 aromatic carbocycles. The van der Waals surface area contributed by atoms with Crippen molar-refractivity contribution in [1.82, 2.24) is 6.15 Å². The van der Waals surface area contributed by atoms with E-state index >= 15 is 0 Å². The molecule has 3 rings (SSSR count). The van der Waals surface area contributed by atoms with Crippen molar-refractivity contribution < 1.29 is 25.6 Å². The van der Waals surface area contributed by atoms with E-state index in [2.05, 4.69) is 4.18 Å². The van der Waals surface area contributed by atoms with E-state index in [9.17, 15) is 21.4 Å². The minimum atomic E-state index is -4.73. The van der Waals surface area contributed by atoms with Crippen molar-refractivity contribution in [3.05, 3.63) is 48.5 Å². The predicted octanol–water partition coefficient (Wildman–Crippen LogP) is 2.74. The summed E-state index contributed by atoms with van der Waals surface area (Å²) in [4.78, 5) is -1.27. The van der Waals surface area contributed by atoms with Crippen molar-refractivity contribution in [3.8, 4) is 0 Å². The highest BCUT2D eigenvalue weighted by Crippen LogP contribution is 2.33. The molecule has 0 amide bonds. The van der Waals surface area contributed by atoms with Crippen LogP contribution in [0.5, 0.6) is 0 Å². The molecule has 4 N–H and O–H groups in total. The highest BCUT2D eigenvalue weighted by Gasteiger charge is 2.28. The van der Waals surface area contributed by atoms with Gasteiger partial charge in [0.05, 0.1) is 7.11 Å². The van der Waals surface area contributed by atoms with Gasteiger partial charge in [-0.1, -0.05) is 30.3 Å². The quantitative estimate of drug-likeness (QED) is 0.412. The number of rotatable bonds is 3. The first-order valence-electron chi connectivity index (χ1n) is 6.48. The summed E-state index contributed by atoms with van der Waals surface area (Å²) >= 11 is 0. The molecule has 0 heterocycles. The molecule has 0 aliphatic carbocycles. The summed E-state index contributed by atoms with van der Waals surface area (Å²) < 4.78 is 61.4. The molecule has 128 valence electrons. The molecule has 0 unspecified atom stereocenters. The zero-order chi connectivity index (χ0) is 16.8. The Morgan fingerprint density at radius 3 is 2.00 bits per heavy atom. The zero-order valence-corrected chi connectivity index (χ0v) is 14.3. The molecule has 0 aliphatic heterocycles. The molecule has 0 spiro atoms. The summed E-state index contributed by atoms with van der Waals surface area (Å²) in [6.07, 6.45) is 0. The molecular weight excluding hydrogens is 354 g/mol. The van der Waals surface area contributed by atoms with Gasteiger partial charge in [-0.05, 0) is 34.4 Å². The SMILES string of the molecule is COS(=O)(=O)c1c(S(=O)(=O)O)ccc2cc3ccccc3cc12.N. The molecule has 7 nitrogen and oxygen atoms in total. The van der Waals surface area contributed by atoms with Gasteiger partial charge in [-0.15, -0.1) is 0 Å². The van der Waals surface area contributed by atoms with Crippen LogP contribution in [-0.4, -0.2) is 28.5 Å². The first-order valence-corrected chi connectivity index (χ1v) is 9.32. The van der Waals surface area contributed by atoms with E-state index in [0.717, 1.165) is 23.9 Å². The van der Waals surface area contributed by atoms with Crippen LogP contribution in [0.3, 0.4) is 0 Å².